The van der Waals surface area contributed by atoms with E-state index in [-0.39, 0.29) is 18.8 Å². The number of nitrogens with one attached hydrogen (secondary N) is 2. The minimum absolute atomic E-state index is 0.106. The van der Waals surface area contributed by atoms with Crippen molar-refractivity contribution in [2.45, 2.75) is 6.92 Å². The second kappa shape index (κ2) is 7.93. The van der Waals surface area contributed by atoms with Crippen LogP contribution in [0.15, 0.2) is 48.5 Å². The van der Waals surface area contributed by atoms with Gasteiger partial charge in [-0.05, 0) is 31.2 Å². The van der Waals surface area contributed by atoms with Crippen molar-refractivity contribution >= 4 is 23.3 Å². The van der Waals surface area contributed by atoms with E-state index in [4.69, 9.17) is 4.74 Å². The molecule has 1 amide bonds. The van der Waals surface area contributed by atoms with Crippen LogP contribution in [0.4, 0.5) is 15.8 Å². The second-order valence-electron chi connectivity index (χ2n) is 4.65. The first-order valence-corrected chi connectivity index (χ1v) is 7.16. The summed E-state index contributed by atoms with van der Waals surface area (Å²) in [6, 6.07) is 12.6. The van der Waals surface area contributed by atoms with Crippen molar-refractivity contribution in [3.8, 4) is 0 Å². The van der Waals surface area contributed by atoms with Crippen LogP contribution in [-0.4, -0.2) is 25.0 Å². The average molecular weight is 316 g/mol. The van der Waals surface area contributed by atoms with E-state index < -0.39 is 17.7 Å². The van der Waals surface area contributed by atoms with Crippen LogP contribution in [0.2, 0.25) is 0 Å². The van der Waals surface area contributed by atoms with Gasteiger partial charge in [0, 0.05) is 5.69 Å². The summed E-state index contributed by atoms with van der Waals surface area (Å²) >= 11 is 0. The van der Waals surface area contributed by atoms with Crippen molar-refractivity contribution in [2.24, 2.45) is 0 Å². The number of hydrogen-bond acceptors (Lipinski definition) is 4. The van der Waals surface area contributed by atoms with E-state index in [9.17, 15) is 14.0 Å². The van der Waals surface area contributed by atoms with Crippen LogP contribution in [0, 0.1) is 5.82 Å². The van der Waals surface area contributed by atoms with E-state index in [1.807, 2.05) is 0 Å². The Morgan fingerprint density at radius 3 is 2.39 bits per heavy atom. The van der Waals surface area contributed by atoms with Gasteiger partial charge in [-0.1, -0.05) is 24.3 Å². The number of carbonyl (C=O) groups excluding carboxylic acids is 2. The Hall–Kier alpha value is -2.89. The van der Waals surface area contributed by atoms with Crippen LogP contribution < -0.4 is 10.6 Å². The van der Waals surface area contributed by atoms with Crippen molar-refractivity contribution in [3.63, 3.8) is 0 Å². The van der Waals surface area contributed by atoms with Crippen LogP contribution >= 0.6 is 0 Å². The summed E-state index contributed by atoms with van der Waals surface area (Å²) in [6.45, 7) is 1.88. The van der Waals surface area contributed by atoms with Crippen molar-refractivity contribution in [1.29, 1.82) is 0 Å². The van der Waals surface area contributed by atoms with Gasteiger partial charge >= 0.3 is 5.97 Å². The van der Waals surface area contributed by atoms with Gasteiger partial charge in [-0.2, -0.15) is 0 Å². The van der Waals surface area contributed by atoms with Gasteiger partial charge in [-0.25, -0.2) is 9.18 Å². The van der Waals surface area contributed by atoms with Gasteiger partial charge in [0.2, 0.25) is 5.91 Å². The Morgan fingerprint density at radius 1 is 1.04 bits per heavy atom. The summed E-state index contributed by atoms with van der Waals surface area (Å²) in [7, 11) is 0. The summed E-state index contributed by atoms with van der Waals surface area (Å²) in [6.07, 6.45) is 0. The fourth-order valence-corrected chi connectivity index (χ4v) is 1.96. The maximum absolute atomic E-state index is 13.5. The lowest BCUT2D eigenvalue weighted by Gasteiger charge is -2.11. The molecule has 0 unspecified atom stereocenters. The van der Waals surface area contributed by atoms with Gasteiger partial charge in [0.15, 0.2) is 0 Å². The Balaban J connectivity index is 1.99. The fourth-order valence-electron chi connectivity index (χ4n) is 1.96. The highest BCUT2D eigenvalue weighted by molar-refractivity contribution is 5.98. The van der Waals surface area contributed by atoms with Gasteiger partial charge in [-0.15, -0.1) is 0 Å². The van der Waals surface area contributed by atoms with Gasteiger partial charge in [0.05, 0.1) is 24.4 Å². The summed E-state index contributed by atoms with van der Waals surface area (Å²) in [4.78, 5) is 23.7. The number of esters is 1. The highest BCUT2D eigenvalue weighted by atomic mass is 19.1. The van der Waals surface area contributed by atoms with Crippen LogP contribution in [0.3, 0.4) is 0 Å². The molecule has 23 heavy (non-hydrogen) atoms. The molecule has 0 bridgehead atoms. The molecule has 6 heteroatoms. The first kappa shape index (κ1) is 16.5. The Kier molecular flexibility index (Phi) is 5.68. The van der Waals surface area contributed by atoms with Crippen molar-refractivity contribution in [2.75, 3.05) is 23.8 Å². The number of para-hydroxylation sites is 2. The van der Waals surface area contributed by atoms with Crippen molar-refractivity contribution in [1.82, 2.24) is 0 Å². The Bertz CT molecular complexity index is 704. The molecule has 0 spiro atoms. The SMILES string of the molecule is CCOC(=O)c1ccccc1NCC(=O)Nc1ccccc1F. The number of halogens is 1. The molecule has 120 valence electrons. The van der Waals surface area contributed by atoms with E-state index in [0.29, 0.717) is 11.3 Å². The highest BCUT2D eigenvalue weighted by Gasteiger charge is 2.13. The highest BCUT2D eigenvalue weighted by Crippen LogP contribution is 2.16. The number of anilines is 2. The first-order chi connectivity index (χ1) is 11.1. The molecule has 0 aromatic heterocycles. The van der Waals surface area contributed by atoms with Crippen LogP contribution in [0.1, 0.15) is 17.3 Å². The molecule has 2 aromatic carbocycles. The second-order valence-corrected chi connectivity index (χ2v) is 4.65. The lowest BCUT2D eigenvalue weighted by Crippen LogP contribution is -2.23. The Morgan fingerprint density at radius 2 is 1.70 bits per heavy atom. The third-order valence-corrected chi connectivity index (χ3v) is 3.01. The zero-order valence-corrected chi connectivity index (χ0v) is 12.6. The van der Waals surface area contributed by atoms with Crippen molar-refractivity contribution < 1.29 is 18.7 Å². The maximum atomic E-state index is 13.5. The third kappa shape index (κ3) is 4.54. The van der Waals surface area contributed by atoms with E-state index in [1.54, 1.807) is 43.3 Å². The van der Waals surface area contributed by atoms with Gasteiger partial charge in [0.25, 0.3) is 0 Å². The quantitative estimate of drug-likeness (QED) is 0.804. The molecule has 0 aliphatic heterocycles. The third-order valence-electron chi connectivity index (χ3n) is 3.01. The summed E-state index contributed by atoms with van der Waals surface area (Å²) < 4.78 is 18.4. The van der Waals surface area contributed by atoms with Crippen molar-refractivity contribution in [3.05, 3.63) is 59.9 Å². The molecule has 0 saturated carbocycles. The molecule has 0 heterocycles. The van der Waals surface area contributed by atoms with E-state index in [0.717, 1.165) is 0 Å². The number of hydrogen-bond donors (Lipinski definition) is 2. The number of ether oxygens (including phenoxy) is 1. The van der Waals surface area contributed by atoms with Gasteiger partial charge < -0.3 is 15.4 Å². The number of benzene rings is 2. The molecule has 0 atom stereocenters. The molecular formula is C17H17FN2O3. The lowest BCUT2D eigenvalue weighted by molar-refractivity contribution is -0.114. The molecule has 0 radical (unpaired) electrons. The average Bonchev–Trinajstić information content (AvgIpc) is 2.55. The zero-order valence-electron chi connectivity index (χ0n) is 12.6. The predicted molar refractivity (Wildman–Crippen MR) is 85.9 cm³/mol. The normalized spacial score (nSPS) is 10.0. The molecule has 5 nitrogen and oxygen atoms in total. The summed E-state index contributed by atoms with van der Waals surface area (Å²) in [5.74, 6) is -1.40. The predicted octanol–water partition coefficient (Wildman–Crippen LogP) is 3.05. The van der Waals surface area contributed by atoms with Crippen LogP contribution in [0.5, 0.6) is 0 Å². The zero-order chi connectivity index (χ0) is 16.7. The topological polar surface area (TPSA) is 67.4 Å². The molecule has 2 N–H and O–H groups in total. The summed E-state index contributed by atoms with van der Waals surface area (Å²) in [5, 5.41) is 5.32. The number of rotatable bonds is 6. The van der Waals surface area contributed by atoms with Gasteiger partial charge in [0.1, 0.15) is 5.82 Å². The van der Waals surface area contributed by atoms with E-state index in [1.165, 1.54) is 12.1 Å². The lowest BCUT2D eigenvalue weighted by atomic mass is 10.2. The molecule has 2 aromatic rings. The first-order valence-electron chi connectivity index (χ1n) is 7.16. The molecule has 0 aliphatic rings. The number of amides is 1. The largest absolute Gasteiger partial charge is 0.462 e. The molecule has 2 rings (SSSR count). The summed E-state index contributed by atoms with van der Waals surface area (Å²) in [5.41, 5.74) is 0.931. The molecule has 0 fully saturated rings. The fraction of sp³-hybridized carbons (Fsp3) is 0.176. The molecule has 0 aliphatic carbocycles. The van der Waals surface area contributed by atoms with Gasteiger partial charge in [-0.3, -0.25) is 4.79 Å². The Labute approximate surface area is 133 Å². The minimum Gasteiger partial charge on any atom is -0.462 e. The number of carbonyl (C=O) groups is 2. The smallest absolute Gasteiger partial charge is 0.340 e. The van der Waals surface area contributed by atoms with Crippen LogP contribution in [0.25, 0.3) is 0 Å². The van der Waals surface area contributed by atoms with E-state index >= 15 is 0 Å². The monoisotopic (exact) mass is 316 g/mol. The standard InChI is InChI=1S/C17H17FN2O3/c1-2-23-17(22)12-7-3-5-9-14(12)19-11-16(21)20-15-10-6-4-8-13(15)18/h3-10,19H,2,11H2,1H3,(H,20,21). The van der Waals surface area contributed by atoms with E-state index in [2.05, 4.69) is 10.6 Å². The molecular weight excluding hydrogens is 299 g/mol. The maximum Gasteiger partial charge on any atom is 0.340 e. The van der Waals surface area contributed by atoms with Crippen LogP contribution in [-0.2, 0) is 9.53 Å². The minimum atomic E-state index is -0.507. The molecule has 0 saturated heterocycles.